The average Bonchev–Trinajstić information content (AvgIpc) is 2.78. The Labute approximate surface area is 106 Å². The molecule has 0 spiro atoms. The molecule has 0 atom stereocenters. The second-order valence-corrected chi connectivity index (χ2v) is 5.45. The van der Waals surface area contributed by atoms with Gasteiger partial charge in [-0.3, -0.25) is 0 Å². The molecule has 0 radical (unpaired) electrons. The van der Waals surface area contributed by atoms with Crippen molar-refractivity contribution in [2.24, 2.45) is 5.92 Å². The Hall–Kier alpha value is -1.22. The lowest BCUT2D eigenvalue weighted by atomic mass is 10.2. The molecule has 0 unspecified atom stereocenters. The van der Waals surface area contributed by atoms with Crippen LogP contribution in [0.15, 0.2) is 41.0 Å². The monoisotopic (exact) mass is 247 g/mol. The molecule has 0 saturated heterocycles. The fraction of sp³-hybridized carbons (Fsp3) is 0.357. The minimum absolute atomic E-state index is 0.714. The minimum Gasteiger partial charge on any atom is -0.444 e. The van der Waals surface area contributed by atoms with Crippen molar-refractivity contribution in [3.05, 3.63) is 42.3 Å². The molecule has 3 heteroatoms. The van der Waals surface area contributed by atoms with E-state index in [0.717, 1.165) is 28.7 Å². The third kappa shape index (κ3) is 3.63. The number of hydrogen-bond donors (Lipinski definition) is 0. The van der Waals surface area contributed by atoms with Gasteiger partial charge < -0.3 is 4.42 Å². The Morgan fingerprint density at radius 3 is 2.71 bits per heavy atom. The fourth-order valence-corrected chi connectivity index (χ4v) is 2.42. The van der Waals surface area contributed by atoms with Crippen LogP contribution in [0.3, 0.4) is 0 Å². The number of nitrogens with zero attached hydrogens (tertiary/aromatic N) is 1. The molecule has 0 bridgehead atoms. The molecule has 2 nitrogen and oxygen atoms in total. The molecule has 1 aromatic carbocycles. The predicted octanol–water partition coefficient (Wildman–Crippen LogP) is 4.23. The Bertz CT molecular complexity index is 450. The zero-order valence-corrected chi connectivity index (χ0v) is 11.0. The summed E-state index contributed by atoms with van der Waals surface area (Å²) in [5.41, 5.74) is 2.06. The minimum atomic E-state index is 0.714. The van der Waals surface area contributed by atoms with Gasteiger partial charge in [0.05, 0.1) is 5.69 Å². The number of aromatic nitrogens is 1. The molecule has 0 amide bonds. The molecule has 1 heterocycles. The first-order chi connectivity index (χ1) is 8.25. The third-order valence-corrected chi connectivity index (χ3v) is 3.68. The highest BCUT2D eigenvalue weighted by atomic mass is 32.2. The number of rotatable bonds is 5. The van der Waals surface area contributed by atoms with Gasteiger partial charge in [-0.05, 0) is 23.8 Å². The lowest BCUT2D eigenvalue weighted by Gasteiger charge is -2.01. The van der Waals surface area contributed by atoms with E-state index in [1.165, 1.54) is 0 Å². The van der Waals surface area contributed by atoms with Crippen molar-refractivity contribution < 1.29 is 4.42 Å². The number of benzene rings is 1. The smallest absolute Gasteiger partial charge is 0.226 e. The van der Waals surface area contributed by atoms with Crippen molar-refractivity contribution in [2.45, 2.75) is 19.6 Å². The third-order valence-electron chi connectivity index (χ3n) is 2.27. The molecule has 0 aliphatic rings. The summed E-state index contributed by atoms with van der Waals surface area (Å²) in [5.74, 6) is 3.52. The quantitative estimate of drug-likeness (QED) is 0.790. The second kappa shape index (κ2) is 5.92. The summed E-state index contributed by atoms with van der Waals surface area (Å²) >= 11 is 1.90. The van der Waals surface area contributed by atoms with Crippen LogP contribution in [0.25, 0.3) is 11.5 Å². The van der Waals surface area contributed by atoms with E-state index in [2.05, 4.69) is 18.8 Å². The average molecular weight is 247 g/mol. The van der Waals surface area contributed by atoms with E-state index in [-0.39, 0.29) is 0 Å². The van der Waals surface area contributed by atoms with E-state index in [9.17, 15) is 0 Å². The van der Waals surface area contributed by atoms with Crippen molar-refractivity contribution in [3.8, 4) is 11.5 Å². The SMILES string of the molecule is CC(C)CSCc1coc(-c2ccccc2)n1. The van der Waals surface area contributed by atoms with Crippen LogP contribution in [0, 0.1) is 5.92 Å². The van der Waals surface area contributed by atoms with E-state index in [1.54, 1.807) is 6.26 Å². The summed E-state index contributed by atoms with van der Waals surface area (Å²) < 4.78 is 5.48. The molecule has 0 N–H and O–H groups in total. The van der Waals surface area contributed by atoms with Gasteiger partial charge in [-0.15, -0.1) is 0 Å². The van der Waals surface area contributed by atoms with Crippen LogP contribution in [0.1, 0.15) is 19.5 Å². The Kier molecular flexibility index (Phi) is 4.26. The van der Waals surface area contributed by atoms with Crippen LogP contribution in [-0.4, -0.2) is 10.7 Å². The van der Waals surface area contributed by atoms with Gasteiger partial charge in [0, 0.05) is 11.3 Å². The maximum Gasteiger partial charge on any atom is 0.226 e. The van der Waals surface area contributed by atoms with Crippen molar-refractivity contribution in [2.75, 3.05) is 5.75 Å². The summed E-state index contributed by atoms with van der Waals surface area (Å²) in [6.45, 7) is 4.45. The molecule has 0 aliphatic heterocycles. The first-order valence-corrected chi connectivity index (χ1v) is 6.98. The summed E-state index contributed by atoms with van der Waals surface area (Å²) in [6.07, 6.45) is 1.76. The standard InChI is InChI=1S/C14H17NOS/c1-11(2)9-17-10-13-8-16-14(15-13)12-6-4-3-5-7-12/h3-8,11H,9-10H2,1-2H3. The van der Waals surface area contributed by atoms with Crippen LogP contribution in [0.5, 0.6) is 0 Å². The normalized spacial score (nSPS) is 11.0. The van der Waals surface area contributed by atoms with Crippen molar-refractivity contribution in [3.63, 3.8) is 0 Å². The number of hydrogen-bond acceptors (Lipinski definition) is 3. The zero-order valence-electron chi connectivity index (χ0n) is 10.2. The molecule has 1 aromatic heterocycles. The van der Waals surface area contributed by atoms with Gasteiger partial charge in [0.15, 0.2) is 0 Å². The van der Waals surface area contributed by atoms with Gasteiger partial charge in [0.2, 0.25) is 5.89 Å². The number of thioether (sulfide) groups is 1. The highest BCUT2D eigenvalue weighted by Gasteiger charge is 2.06. The van der Waals surface area contributed by atoms with E-state index in [4.69, 9.17) is 4.42 Å². The van der Waals surface area contributed by atoms with Gasteiger partial charge in [-0.1, -0.05) is 32.0 Å². The highest BCUT2D eigenvalue weighted by molar-refractivity contribution is 7.98. The topological polar surface area (TPSA) is 26.0 Å². The fourth-order valence-electron chi connectivity index (χ4n) is 1.49. The summed E-state index contributed by atoms with van der Waals surface area (Å²) in [5, 5.41) is 0. The van der Waals surface area contributed by atoms with E-state index in [0.29, 0.717) is 5.89 Å². The van der Waals surface area contributed by atoms with Gasteiger partial charge in [0.25, 0.3) is 0 Å². The van der Waals surface area contributed by atoms with Gasteiger partial charge >= 0.3 is 0 Å². The van der Waals surface area contributed by atoms with Crippen LogP contribution in [0.4, 0.5) is 0 Å². The second-order valence-electron chi connectivity index (χ2n) is 4.42. The molecule has 2 aromatic rings. The highest BCUT2D eigenvalue weighted by Crippen LogP contribution is 2.21. The number of oxazole rings is 1. The molecule has 2 rings (SSSR count). The Morgan fingerprint density at radius 2 is 2.00 bits per heavy atom. The zero-order chi connectivity index (χ0) is 12.1. The van der Waals surface area contributed by atoms with Crippen molar-refractivity contribution in [1.82, 2.24) is 4.98 Å². The summed E-state index contributed by atoms with van der Waals surface area (Å²) in [7, 11) is 0. The van der Waals surface area contributed by atoms with Gasteiger partial charge in [0.1, 0.15) is 6.26 Å². The Balaban J connectivity index is 1.97. The predicted molar refractivity (Wildman–Crippen MR) is 72.9 cm³/mol. The van der Waals surface area contributed by atoms with E-state index >= 15 is 0 Å². The molecular weight excluding hydrogens is 230 g/mol. The maximum atomic E-state index is 5.48. The van der Waals surface area contributed by atoms with Crippen molar-refractivity contribution in [1.29, 1.82) is 0 Å². The summed E-state index contributed by atoms with van der Waals surface area (Å²) in [4.78, 5) is 4.49. The molecule has 0 aliphatic carbocycles. The summed E-state index contributed by atoms with van der Waals surface area (Å²) in [6, 6.07) is 10.00. The lowest BCUT2D eigenvalue weighted by molar-refractivity contribution is 0.573. The molecule has 0 fully saturated rings. The van der Waals surface area contributed by atoms with Gasteiger partial charge in [-0.25, -0.2) is 4.98 Å². The van der Waals surface area contributed by atoms with Crippen molar-refractivity contribution >= 4 is 11.8 Å². The molecule has 90 valence electrons. The first-order valence-electron chi connectivity index (χ1n) is 5.83. The largest absolute Gasteiger partial charge is 0.444 e. The Morgan fingerprint density at radius 1 is 1.24 bits per heavy atom. The van der Waals surface area contributed by atoms with Gasteiger partial charge in [-0.2, -0.15) is 11.8 Å². The first kappa shape index (κ1) is 12.2. The van der Waals surface area contributed by atoms with E-state index < -0.39 is 0 Å². The molecule has 0 saturated carbocycles. The van der Waals surface area contributed by atoms with E-state index in [1.807, 2.05) is 42.1 Å². The van der Waals surface area contributed by atoms with Crippen LogP contribution in [-0.2, 0) is 5.75 Å². The van der Waals surface area contributed by atoms with Crippen LogP contribution in [0.2, 0.25) is 0 Å². The van der Waals surface area contributed by atoms with Crippen LogP contribution < -0.4 is 0 Å². The maximum absolute atomic E-state index is 5.48. The molecular formula is C14H17NOS. The van der Waals surface area contributed by atoms with Crippen LogP contribution >= 0.6 is 11.8 Å². The molecule has 17 heavy (non-hydrogen) atoms. The lowest BCUT2D eigenvalue weighted by Crippen LogP contribution is -1.91.